The van der Waals surface area contributed by atoms with Crippen molar-refractivity contribution in [1.29, 1.82) is 0 Å². The molecule has 0 aliphatic rings. The van der Waals surface area contributed by atoms with Crippen molar-refractivity contribution in [3.8, 4) is 0 Å². The van der Waals surface area contributed by atoms with Crippen molar-refractivity contribution in [2.75, 3.05) is 0 Å². The maximum atomic E-state index is 12.9. The quantitative estimate of drug-likeness (QED) is 0.587. The Bertz CT molecular complexity index is 1120. The molecular formula is C23H19N3O2. The van der Waals surface area contributed by atoms with Crippen LogP contribution in [0, 0.1) is 0 Å². The van der Waals surface area contributed by atoms with E-state index in [2.05, 4.69) is 10.3 Å². The second-order valence-electron chi connectivity index (χ2n) is 6.49. The molecule has 0 spiro atoms. The summed E-state index contributed by atoms with van der Waals surface area (Å²) < 4.78 is 1.45. The third-order valence-corrected chi connectivity index (χ3v) is 4.63. The van der Waals surface area contributed by atoms with Crippen LogP contribution in [0.2, 0.25) is 0 Å². The fraction of sp³-hybridized carbons (Fsp3) is 0.0870. The number of carbonyl (C=O) groups is 1. The summed E-state index contributed by atoms with van der Waals surface area (Å²) in [6.07, 6.45) is 1.25. The van der Waals surface area contributed by atoms with E-state index in [0.29, 0.717) is 11.0 Å². The Kier molecular flexibility index (Phi) is 4.97. The lowest BCUT2D eigenvalue weighted by Gasteiger charge is -2.20. The van der Waals surface area contributed by atoms with Crippen LogP contribution in [0.15, 0.2) is 95.9 Å². The van der Waals surface area contributed by atoms with Crippen molar-refractivity contribution >= 4 is 16.9 Å². The first kappa shape index (κ1) is 17.7. The number of rotatable bonds is 5. The molecule has 0 saturated carbocycles. The Balaban J connectivity index is 1.65. The second kappa shape index (κ2) is 7.88. The summed E-state index contributed by atoms with van der Waals surface area (Å²) >= 11 is 0. The third kappa shape index (κ3) is 3.69. The van der Waals surface area contributed by atoms with E-state index in [1.165, 1.54) is 10.8 Å². The molecule has 28 heavy (non-hydrogen) atoms. The Hall–Kier alpha value is -3.73. The average molecular weight is 369 g/mol. The zero-order valence-electron chi connectivity index (χ0n) is 15.2. The van der Waals surface area contributed by atoms with Gasteiger partial charge in [-0.3, -0.25) is 14.2 Å². The highest BCUT2D eigenvalue weighted by atomic mass is 16.2. The molecule has 0 aliphatic heterocycles. The summed E-state index contributed by atoms with van der Waals surface area (Å²) in [6.45, 7) is -0.0714. The van der Waals surface area contributed by atoms with Gasteiger partial charge in [0.1, 0.15) is 6.54 Å². The number of hydrogen-bond donors (Lipinski definition) is 1. The van der Waals surface area contributed by atoms with Gasteiger partial charge in [0, 0.05) is 0 Å². The summed E-state index contributed by atoms with van der Waals surface area (Å²) in [5.41, 5.74) is 2.98. The second-order valence-corrected chi connectivity index (χ2v) is 6.49. The maximum Gasteiger partial charge on any atom is 0.269 e. The van der Waals surface area contributed by atoms with E-state index in [-0.39, 0.29) is 24.1 Å². The van der Waals surface area contributed by atoms with E-state index < -0.39 is 0 Å². The number of nitrogens with one attached hydrogen (secondary N) is 1. The first-order valence-electron chi connectivity index (χ1n) is 9.06. The smallest absolute Gasteiger partial charge is 0.269 e. The van der Waals surface area contributed by atoms with Crippen LogP contribution in [-0.4, -0.2) is 15.5 Å². The molecule has 0 unspecified atom stereocenters. The van der Waals surface area contributed by atoms with Gasteiger partial charge in [-0.15, -0.1) is 0 Å². The predicted octanol–water partition coefficient (Wildman–Crippen LogP) is 3.30. The topological polar surface area (TPSA) is 64.0 Å². The van der Waals surface area contributed by atoms with Gasteiger partial charge >= 0.3 is 0 Å². The molecule has 1 amide bonds. The highest BCUT2D eigenvalue weighted by molar-refractivity contribution is 5.80. The first-order chi connectivity index (χ1) is 13.7. The molecule has 0 bridgehead atoms. The Morgan fingerprint density at radius 1 is 0.857 bits per heavy atom. The lowest BCUT2D eigenvalue weighted by Crippen LogP contribution is -2.35. The molecule has 138 valence electrons. The highest BCUT2D eigenvalue weighted by Gasteiger charge is 2.17. The van der Waals surface area contributed by atoms with Gasteiger partial charge in [-0.25, -0.2) is 4.98 Å². The number of carbonyl (C=O) groups excluding carboxylic acids is 1. The van der Waals surface area contributed by atoms with E-state index >= 15 is 0 Å². The Labute approximate surface area is 162 Å². The van der Waals surface area contributed by atoms with E-state index in [0.717, 1.165) is 11.1 Å². The van der Waals surface area contributed by atoms with Crippen LogP contribution < -0.4 is 10.9 Å². The molecule has 1 N–H and O–H groups in total. The van der Waals surface area contributed by atoms with Gasteiger partial charge in [0.2, 0.25) is 5.91 Å². The average Bonchev–Trinajstić information content (AvgIpc) is 2.75. The van der Waals surface area contributed by atoms with Crippen LogP contribution in [0.25, 0.3) is 11.0 Å². The van der Waals surface area contributed by atoms with E-state index in [1.54, 1.807) is 6.07 Å². The van der Waals surface area contributed by atoms with Gasteiger partial charge in [-0.1, -0.05) is 72.8 Å². The van der Waals surface area contributed by atoms with Gasteiger partial charge in [-0.05, 0) is 23.3 Å². The largest absolute Gasteiger partial charge is 0.344 e. The summed E-state index contributed by atoms with van der Waals surface area (Å²) in [5.74, 6) is -0.240. The molecule has 4 aromatic rings. The van der Waals surface area contributed by atoms with Crippen molar-refractivity contribution in [3.63, 3.8) is 0 Å². The van der Waals surface area contributed by atoms with Crippen LogP contribution in [-0.2, 0) is 11.3 Å². The van der Waals surface area contributed by atoms with Crippen LogP contribution in [0.3, 0.4) is 0 Å². The number of nitrogens with zero attached hydrogens (tertiary/aromatic N) is 2. The summed E-state index contributed by atoms with van der Waals surface area (Å²) in [7, 11) is 0. The number of amides is 1. The van der Waals surface area contributed by atoms with Crippen molar-refractivity contribution in [1.82, 2.24) is 14.9 Å². The van der Waals surface area contributed by atoms with Gasteiger partial charge < -0.3 is 5.32 Å². The number of benzene rings is 3. The van der Waals surface area contributed by atoms with E-state index in [9.17, 15) is 9.59 Å². The zero-order valence-corrected chi connectivity index (χ0v) is 15.2. The third-order valence-electron chi connectivity index (χ3n) is 4.63. The molecule has 3 aromatic carbocycles. The molecule has 0 fully saturated rings. The minimum absolute atomic E-state index is 0.0714. The molecule has 0 atom stereocenters. The van der Waals surface area contributed by atoms with E-state index in [4.69, 9.17) is 0 Å². The Morgan fingerprint density at radius 2 is 1.43 bits per heavy atom. The number of hydrogen-bond acceptors (Lipinski definition) is 3. The summed E-state index contributed by atoms with van der Waals surface area (Å²) in [4.78, 5) is 29.3. The molecule has 0 radical (unpaired) electrons. The number of para-hydroxylation sites is 2. The SMILES string of the molecule is O=C(Cn1c(=O)cnc2ccccc21)NC(c1ccccc1)c1ccccc1. The molecule has 1 aromatic heterocycles. The van der Waals surface area contributed by atoms with Crippen molar-refractivity contribution in [3.05, 3.63) is 113 Å². The van der Waals surface area contributed by atoms with Crippen LogP contribution >= 0.6 is 0 Å². The van der Waals surface area contributed by atoms with Gasteiger partial charge in [0.05, 0.1) is 23.3 Å². The normalized spacial score (nSPS) is 10.9. The molecule has 5 heteroatoms. The summed E-state index contributed by atoms with van der Waals surface area (Å²) in [5, 5.41) is 3.07. The van der Waals surface area contributed by atoms with Crippen molar-refractivity contribution in [2.24, 2.45) is 0 Å². The Morgan fingerprint density at radius 3 is 2.07 bits per heavy atom. The first-order valence-corrected chi connectivity index (χ1v) is 9.06. The van der Waals surface area contributed by atoms with Gasteiger partial charge in [0.15, 0.2) is 0 Å². The number of aromatic nitrogens is 2. The minimum atomic E-state index is -0.301. The maximum absolute atomic E-state index is 12.9. The summed E-state index contributed by atoms with van der Waals surface area (Å²) in [6, 6.07) is 26.6. The van der Waals surface area contributed by atoms with Crippen molar-refractivity contribution in [2.45, 2.75) is 12.6 Å². The standard InChI is InChI=1S/C23H19N3O2/c27-21(16-26-20-14-8-7-13-19(20)24-15-22(26)28)25-23(17-9-3-1-4-10-17)18-11-5-2-6-12-18/h1-15,23H,16H2,(H,25,27). The van der Waals surface area contributed by atoms with Gasteiger partial charge in [-0.2, -0.15) is 0 Å². The molecular weight excluding hydrogens is 350 g/mol. The molecule has 0 aliphatic carbocycles. The van der Waals surface area contributed by atoms with Crippen LogP contribution in [0.5, 0.6) is 0 Å². The lowest BCUT2D eigenvalue weighted by molar-refractivity contribution is -0.122. The lowest BCUT2D eigenvalue weighted by atomic mass is 9.99. The predicted molar refractivity (Wildman–Crippen MR) is 109 cm³/mol. The molecule has 1 heterocycles. The van der Waals surface area contributed by atoms with Crippen LogP contribution in [0.1, 0.15) is 17.2 Å². The molecule has 5 nitrogen and oxygen atoms in total. The minimum Gasteiger partial charge on any atom is -0.344 e. The fourth-order valence-electron chi connectivity index (χ4n) is 3.28. The zero-order chi connectivity index (χ0) is 19.3. The molecule has 4 rings (SSSR count). The number of fused-ring (bicyclic) bond motifs is 1. The molecule has 0 saturated heterocycles. The monoisotopic (exact) mass is 369 g/mol. The van der Waals surface area contributed by atoms with Crippen molar-refractivity contribution < 1.29 is 4.79 Å². The fourth-order valence-corrected chi connectivity index (χ4v) is 3.28. The van der Waals surface area contributed by atoms with Gasteiger partial charge in [0.25, 0.3) is 5.56 Å². The van der Waals surface area contributed by atoms with E-state index in [1.807, 2.05) is 78.9 Å². The highest BCUT2D eigenvalue weighted by Crippen LogP contribution is 2.21. The van der Waals surface area contributed by atoms with Crippen LogP contribution in [0.4, 0.5) is 0 Å².